The SMILES string of the molecule is CN1CC[N+](C)(C=NNN)CC1.[Cl-]. The summed E-state index contributed by atoms with van der Waals surface area (Å²) in [7, 11) is 4.30. The number of piperazine rings is 1. The van der Waals surface area contributed by atoms with Crippen LogP contribution in [0.4, 0.5) is 0 Å². The fraction of sp³-hybridized carbons (Fsp3) is 0.857. The van der Waals surface area contributed by atoms with E-state index in [1.165, 1.54) is 0 Å². The van der Waals surface area contributed by atoms with E-state index in [4.69, 9.17) is 5.84 Å². The van der Waals surface area contributed by atoms with E-state index in [-0.39, 0.29) is 12.4 Å². The van der Waals surface area contributed by atoms with Crippen LogP contribution in [-0.4, -0.2) is 56.0 Å². The highest BCUT2D eigenvalue weighted by molar-refractivity contribution is 5.45. The van der Waals surface area contributed by atoms with Gasteiger partial charge in [-0.1, -0.05) is 0 Å². The minimum Gasteiger partial charge on any atom is -1.00 e. The minimum absolute atomic E-state index is 0. The van der Waals surface area contributed by atoms with Crippen LogP contribution in [0.2, 0.25) is 0 Å². The highest BCUT2D eigenvalue weighted by Crippen LogP contribution is 2.04. The zero-order chi connectivity index (χ0) is 9.03. The molecule has 1 saturated heterocycles. The van der Waals surface area contributed by atoms with Gasteiger partial charge in [0.25, 0.3) is 0 Å². The van der Waals surface area contributed by atoms with Gasteiger partial charge in [0.15, 0.2) is 0 Å². The number of hydrazone groups is 1. The third-order valence-electron chi connectivity index (χ3n) is 2.40. The summed E-state index contributed by atoms with van der Waals surface area (Å²) in [6.45, 7) is 4.43. The number of halogens is 1. The molecule has 1 aliphatic heterocycles. The highest BCUT2D eigenvalue weighted by Gasteiger charge is 2.25. The van der Waals surface area contributed by atoms with Crippen LogP contribution < -0.4 is 23.8 Å². The van der Waals surface area contributed by atoms with Crippen molar-refractivity contribution in [1.82, 2.24) is 10.4 Å². The molecule has 78 valence electrons. The average molecular weight is 208 g/mol. The van der Waals surface area contributed by atoms with Gasteiger partial charge in [-0.25, -0.2) is 11.4 Å². The number of likely N-dealkylation sites (N-methyl/N-ethyl adjacent to an activating group) is 2. The lowest BCUT2D eigenvalue weighted by Gasteiger charge is -2.36. The third-order valence-corrected chi connectivity index (χ3v) is 2.40. The summed E-state index contributed by atoms with van der Waals surface area (Å²) < 4.78 is 0.870. The van der Waals surface area contributed by atoms with Gasteiger partial charge in [-0.3, -0.25) is 9.38 Å². The van der Waals surface area contributed by atoms with Crippen LogP contribution >= 0.6 is 0 Å². The Morgan fingerprint density at radius 1 is 1.46 bits per heavy atom. The van der Waals surface area contributed by atoms with Crippen molar-refractivity contribution in [3.05, 3.63) is 0 Å². The molecule has 13 heavy (non-hydrogen) atoms. The Hall–Kier alpha value is -0.360. The van der Waals surface area contributed by atoms with Crippen LogP contribution in [0.25, 0.3) is 0 Å². The van der Waals surface area contributed by atoms with Crippen molar-refractivity contribution in [2.75, 3.05) is 40.3 Å². The molecule has 0 aromatic rings. The van der Waals surface area contributed by atoms with E-state index in [9.17, 15) is 0 Å². The van der Waals surface area contributed by atoms with E-state index >= 15 is 0 Å². The Labute approximate surface area is 85.5 Å². The van der Waals surface area contributed by atoms with Gasteiger partial charge in [-0.15, -0.1) is 5.10 Å². The van der Waals surface area contributed by atoms with Gasteiger partial charge in [0, 0.05) is 13.1 Å². The molecule has 0 aromatic heterocycles. The first-order valence-electron chi connectivity index (χ1n) is 4.19. The number of hydrazine groups is 1. The predicted octanol–water partition coefficient (Wildman–Crippen LogP) is -4.21. The normalized spacial score (nSPS) is 22.7. The molecule has 6 heteroatoms. The number of nitrogens with two attached hydrogens (primary N) is 1. The van der Waals surface area contributed by atoms with Crippen LogP contribution in [0.3, 0.4) is 0 Å². The minimum atomic E-state index is 0. The zero-order valence-corrected chi connectivity index (χ0v) is 8.96. The molecule has 0 spiro atoms. The smallest absolute Gasteiger partial charge is 0.208 e. The van der Waals surface area contributed by atoms with Crippen molar-refractivity contribution >= 4 is 6.34 Å². The number of nitrogens with one attached hydrogen (secondary N) is 1. The van der Waals surface area contributed by atoms with E-state index in [1.807, 2.05) is 6.34 Å². The van der Waals surface area contributed by atoms with Crippen molar-refractivity contribution in [3.63, 3.8) is 0 Å². The van der Waals surface area contributed by atoms with E-state index in [2.05, 4.69) is 29.6 Å². The van der Waals surface area contributed by atoms with E-state index < -0.39 is 0 Å². The fourth-order valence-electron chi connectivity index (χ4n) is 1.31. The third kappa shape index (κ3) is 3.91. The average Bonchev–Trinajstić information content (AvgIpc) is 2.08. The van der Waals surface area contributed by atoms with Crippen LogP contribution in [0.5, 0.6) is 0 Å². The predicted molar refractivity (Wildman–Crippen MR) is 49.2 cm³/mol. The highest BCUT2D eigenvalue weighted by atomic mass is 35.5. The van der Waals surface area contributed by atoms with Crippen molar-refractivity contribution in [1.29, 1.82) is 0 Å². The number of hydrogen-bond donors (Lipinski definition) is 2. The molecule has 0 aliphatic carbocycles. The number of hydrogen-bond acceptors (Lipinski definition) is 4. The quantitative estimate of drug-likeness (QED) is 0.159. The maximum Gasteiger partial charge on any atom is 0.208 e. The Kier molecular flexibility index (Phi) is 5.24. The molecule has 0 aromatic carbocycles. The van der Waals surface area contributed by atoms with E-state index in [0.29, 0.717) is 0 Å². The van der Waals surface area contributed by atoms with Gasteiger partial charge in [0.1, 0.15) is 0 Å². The van der Waals surface area contributed by atoms with Crippen LogP contribution in [-0.2, 0) is 0 Å². The molecule has 1 fully saturated rings. The summed E-state index contributed by atoms with van der Waals surface area (Å²) in [5.41, 5.74) is 2.29. The number of rotatable bonds is 2. The van der Waals surface area contributed by atoms with Crippen LogP contribution in [0, 0.1) is 0 Å². The molecule has 0 atom stereocenters. The van der Waals surface area contributed by atoms with Gasteiger partial charge in [0.05, 0.1) is 20.1 Å². The first-order valence-corrected chi connectivity index (χ1v) is 4.19. The zero-order valence-electron chi connectivity index (χ0n) is 8.20. The molecule has 5 nitrogen and oxygen atoms in total. The summed E-state index contributed by atoms with van der Waals surface area (Å²) >= 11 is 0. The maximum atomic E-state index is 5.06. The Balaban J connectivity index is 0.00000144. The lowest BCUT2D eigenvalue weighted by atomic mass is 10.3. The maximum absolute atomic E-state index is 5.06. The summed E-state index contributed by atoms with van der Waals surface area (Å²) in [6.07, 6.45) is 1.87. The Morgan fingerprint density at radius 3 is 2.46 bits per heavy atom. The first-order chi connectivity index (χ1) is 5.66. The van der Waals surface area contributed by atoms with Crippen molar-refractivity contribution in [2.24, 2.45) is 10.9 Å². The summed E-state index contributed by atoms with van der Waals surface area (Å²) in [5, 5.41) is 3.85. The molecule has 1 heterocycles. The first kappa shape index (κ1) is 12.6. The molecule has 3 N–H and O–H groups in total. The van der Waals surface area contributed by atoms with Gasteiger partial charge in [-0.05, 0) is 7.05 Å². The van der Waals surface area contributed by atoms with Crippen molar-refractivity contribution < 1.29 is 16.9 Å². The largest absolute Gasteiger partial charge is 1.00 e. The Morgan fingerprint density at radius 2 is 2.00 bits per heavy atom. The van der Waals surface area contributed by atoms with Gasteiger partial charge < -0.3 is 12.4 Å². The van der Waals surface area contributed by atoms with Gasteiger partial charge in [0.2, 0.25) is 6.34 Å². The van der Waals surface area contributed by atoms with Crippen LogP contribution in [0.15, 0.2) is 5.10 Å². The Bertz CT molecular complexity index is 164. The second-order valence-electron chi connectivity index (χ2n) is 3.60. The summed E-state index contributed by atoms with van der Waals surface area (Å²) in [6, 6.07) is 0. The lowest BCUT2D eigenvalue weighted by molar-refractivity contribution is -0.819. The standard InChI is InChI=1S/C7H18N5.ClH/c1-11-3-5-12(2,6-4-11)7-9-10-8;/h7,10H,3-6,8H2,1-2H3;1H/q+1;/p-1. The van der Waals surface area contributed by atoms with E-state index in [0.717, 1.165) is 30.7 Å². The molecule has 1 aliphatic rings. The summed E-state index contributed by atoms with van der Waals surface area (Å²) in [4.78, 5) is 2.32. The molecule has 0 radical (unpaired) electrons. The molecule has 0 saturated carbocycles. The topological polar surface area (TPSA) is 53.6 Å². The van der Waals surface area contributed by atoms with Crippen molar-refractivity contribution in [2.45, 2.75) is 0 Å². The number of nitrogens with zero attached hydrogens (tertiary/aromatic N) is 3. The lowest BCUT2D eigenvalue weighted by Crippen LogP contribution is -3.00. The summed E-state index contributed by atoms with van der Waals surface area (Å²) in [5.74, 6) is 5.06. The second-order valence-corrected chi connectivity index (χ2v) is 3.60. The molecular formula is C7H18ClN5. The van der Waals surface area contributed by atoms with Crippen molar-refractivity contribution in [3.8, 4) is 0 Å². The second kappa shape index (κ2) is 5.39. The van der Waals surface area contributed by atoms with Gasteiger partial charge >= 0.3 is 0 Å². The molecular weight excluding hydrogens is 190 g/mol. The monoisotopic (exact) mass is 207 g/mol. The van der Waals surface area contributed by atoms with Crippen LogP contribution in [0.1, 0.15) is 0 Å². The fourth-order valence-corrected chi connectivity index (χ4v) is 1.31. The molecule has 1 rings (SSSR count). The van der Waals surface area contributed by atoms with E-state index in [1.54, 1.807) is 0 Å². The molecule has 0 bridgehead atoms. The molecule has 0 amide bonds. The number of quaternary nitrogens is 1. The van der Waals surface area contributed by atoms with Gasteiger partial charge in [-0.2, -0.15) is 0 Å². The molecule has 0 unspecified atom stereocenters.